The van der Waals surface area contributed by atoms with Gasteiger partial charge in [-0.15, -0.1) is 0 Å². The van der Waals surface area contributed by atoms with Crippen molar-refractivity contribution in [1.29, 1.82) is 0 Å². The summed E-state index contributed by atoms with van der Waals surface area (Å²) in [5.41, 5.74) is 2.69. The van der Waals surface area contributed by atoms with E-state index < -0.39 is 0 Å². The number of nitrogens with one attached hydrogen (secondary N) is 1. The summed E-state index contributed by atoms with van der Waals surface area (Å²) in [7, 11) is 0. The fraction of sp³-hybridized carbons (Fsp3) is 0.364. The van der Waals surface area contributed by atoms with Crippen molar-refractivity contribution in [3.63, 3.8) is 0 Å². The molecule has 2 aromatic rings. The molecule has 0 unspecified atom stereocenters. The fourth-order valence-electron chi connectivity index (χ4n) is 3.08. The molecule has 0 spiro atoms. The van der Waals surface area contributed by atoms with Crippen LogP contribution in [-0.2, 0) is 0 Å². The molecule has 0 radical (unpaired) electrons. The zero-order valence-corrected chi connectivity index (χ0v) is 14.5. The molecule has 120 valence electrons. The summed E-state index contributed by atoms with van der Waals surface area (Å²) in [6.45, 7) is 8.96. The third kappa shape index (κ3) is 4.98. The van der Waals surface area contributed by atoms with Gasteiger partial charge in [0, 0.05) is 12.3 Å². The van der Waals surface area contributed by atoms with Gasteiger partial charge in [-0.25, -0.2) is 0 Å². The first-order valence-corrected chi connectivity index (χ1v) is 8.69. The molecule has 0 saturated carbocycles. The lowest BCUT2D eigenvalue weighted by molar-refractivity contribution is -0.911. The predicted octanol–water partition coefficient (Wildman–Crippen LogP) is 3.53. The third-order valence-corrected chi connectivity index (χ3v) is 4.55. The van der Waals surface area contributed by atoms with Crippen molar-refractivity contribution in [3.8, 4) is 11.8 Å². The minimum absolute atomic E-state index is 0.351. The van der Waals surface area contributed by atoms with Crippen LogP contribution in [0.2, 0.25) is 0 Å². The van der Waals surface area contributed by atoms with Crippen LogP contribution in [0.3, 0.4) is 0 Å². The van der Waals surface area contributed by atoms with E-state index in [1.54, 1.807) is 4.90 Å². The Balaban J connectivity index is 2.17. The van der Waals surface area contributed by atoms with Gasteiger partial charge in [0.05, 0.1) is 13.1 Å². The Labute approximate surface area is 141 Å². The zero-order valence-electron chi connectivity index (χ0n) is 14.5. The molecule has 0 amide bonds. The minimum Gasteiger partial charge on any atom is -0.323 e. The van der Waals surface area contributed by atoms with E-state index in [0.717, 1.165) is 19.5 Å². The van der Waals surface area contributed by atoms with E-state index in [0.29, 0.717) is 12.0 Å². The summed E-state index contributed by atoms with van der Waals surface area (Å²) in [5, 5.41) is 0. The molecule has 23 heavy (non-hydrogen) atoms. The van der Waals surface area contributed by atoms with Crippen molar-refractivity contribution < 1.29 is 4.90 Å². The summed E-state index contributed by atoms with van der Waals surface area (Å²) in [5.74, 6) is 7.28. The van der Waals surface area contributed by atoms with Crippen molar-refractivity contribution >= 4 is 0 Å². The van der Waals surface area contributed by atoms with Gasteiger partial charge < -0.3 is 4.90 Å². The SMILES string of the molecule is CC[NH+](CC)[C@@H](C)C#CCC(c1ccccc1)c1ccccc1. The van der Waals surface area contributed by atoms with Crippen LogP contribution in [0.4, 0.5) is 0 Å². The van der Waals surface area contributed by atoms with Crippen LogP contribution >= 0.6 is 0 Å². The molecule has 0 heterocycles. The zero-order chi connectivity index (χ0) is 16.5. The summed E-state index contributed by atoms with van der Waals surface area (Å²) in [4.78, 5) is 1.55. The first-order chi connectivity index (χ1) is 11.3. The van der Waals surface area contributed by atoms with E-state index in [-0.39, 0.29) is 0 Å². The number of benzene rings is 2. The molecule has 0 aromatic heterocycles. The van der Waals surface area contributed by atoms with Crippen LogP contribution in [0.15, 0.2) is 60.7 Å². The maximum absolute atomic E-state index is 3.47. The normalized spacial score (nSPS) is 12.0. The number of hydrogen-bond acceptors (Lipinski definition) is 0. The molecule has 0 bridgehead atoms. The lowest BCUT2D eigenvalue weighted by Gasteiger charge is -2.19. The molecule has 0 aliphatic heterocycles. The van der Waals surface area contributed by atoms with Crippen molar-refractivity contribution in [3.05, 3.63) is 71.8 Å². The van der Waals surface area contributed by atoms with Crippen molar-refractivity contribution in [1.82, 2.24) is 0 Å². The molecule has 0 fully saturated rings. The monoisotopic (exact) mass is 306 g/mol. The summed E-state index contributed by atoms with van der Waals surface area (Å²) in [6.07, 6.45) is 0.874. The smallest absolute Gasteiger partial charge is 0.146 e. The molecule has 1 atom stereocenters. The summed E-state index contributed by atoms with van der Waals surface area (Å²) < 4.78 is 0. The van der Waals surface area contributed by atoms with Gasteiger partial charge in [-0.2, -0.15) is 0 Å². The van der Waals surface area contributed by atoms with Gasteiger partial charge in [-0.3, -0.25) is 0 Å². The van der Waals surface area contributed by atoms with E-state index >= 15 is 0 Å². The van der Waals surface area contributed by atoms with Crippen molar-refractivity contribution in [2.45, 2.75) is 39.2 Å². The third-order valence-electron chi connectivity index (χ3n) is 4.55. The second-order valence-corrected chi connectivity index (χ2v) is 5.99. The van der Waals surface area contributed by atoms with E-state index in [4.69, 9.17) is 0 Å². The highest BCUT2D eigenvalue weighted by Gasteiger charge is 2.13. The molecule has 2 aromatic carbocycles. The average molecular weight is 306 g/mol. The molecular weight excluding hydrogens is 278 g/mol. The van der Waals surface area contributed by atoms with Crippen molar-refractivity contribution in [2.75, 3.05) is 13.1 Å². The molecular formula is C22H28N+. The Morgan fingerprint density at radius 3 is 1.74 bits per heavy atom. The Kier molecular flexibility index (Phi) is 6.91. The maximum Gasteiger partial charge on any atom is 0.146 e. The number of quaternary nitrogens is 1. The predicted molar refractivity (Wildman–Crippen MR) is 98.6 cm³/mol. The highest BCUT2D eigenvalue weighted by molar-refractivity contribution is 5.34. The topological polar surface area (TPSA) is 4.44 Å². The van der Waals surface area contributed by atoms with E-state index in [9.17, 15) is 0 Å². The van der Waals surface area contributed by atoms with Crippen LogP contribution in [0.25, 0.3) is 0 Å². The average Bonchev–Trinajstić information content (AvgIpc) is 2.61. The van der Waals surface area contributed by atoms with Gasteiger partial charge in [0.1, 0.15) is 6.04 Å². The summed E-state index contributed by atoms with van der Waals surface area (Å²) in [6, 6.07) is 21.8. The second-order valence-electron chi connectivity index (χ2n) is 5.99. The molecule has 1 nitrogen and oxygen atoms in total. The first kappa shape index (κ1) is 17.3. The van der Waals surface area contributed by atoms with Gasteiger partial charge in [0.25, 0.3) is 0 Å². The van der Waals surface area contributed by atoms with Crippen LogP contribution < -0.4 is 4.90 Å². The van der Waals surface area contributed by atoms with Crippen LogP contribution in [-0.4, -0.2) is 19.1 Å². The highest BCUT2D eigenvalue weighted by atomic mass is 15.1. The van der Waals surface area contributed by atoms with E-state index in [2.05, 4.69) is 93.3 Å². The Morgan fingerprint density at radius 1 is 0.826 bits per heavy atom. The van der Waals surface area contributed by atoms with Gasteiger partial charge in [-0.05, 0) is 37.8 Å². The standard InChI is InChI=1S/C22H27N/c1-4-23(5-2)19(3)13-12-18-22(20-14-8-6-9-15-20)21-16-10-7-11-17-21/h6-11,14-17,19,22H,4-5,18H2,1-3H3/p+1/t19-/m0/s1. The Bertz CT molecular complexity index is 578. The van der Waals surface area contributed by atoms with E-state index in [1.165, 1.54) is 11.1 Å². The van der Waals surface area contributed by atoms with Crippen LogP contribution in [0.1, 0.15) is 44.2 Å². The van der Waals surface area contributed by atoms with Gasteiger partial charge in [-0.1, -0.05) is 66.6 Å². The van der Waals surface area contributed by atoms with Gasteiger partial charge in [0.15, 0.2) is 0 Å². The van der Waals surface area contributed by atoms with E-state index in [1.807, 2.05) is 0 Å². The van der Waals surface area contributed by atoms with Gasteiger partial charge >= 0.3 is 0 Å². The molecule has 0 saturated heterocycles. The quantitative estimate of drug-likeness (QED) is 0.779. The Hall–Kier alpha value is -2.04. The lowest BCUT2D eigenvalue weighted by atomic mass is 9.89. The molecule has 1 N–H and O–H groups in total. The van der Waals surface area contributed by atoms with Crippen molar-refractivity contribution in [2.24, 2.45) is 0 Å². The van der Waals surface area contributed by atoms with Crippen LogP contribution in [0.5, 0.6) is 0 Å². The first-order valence-electron chi connectivity index (χ1n) is 8.69. The van der Waals surface area contributed by atoms with Crippen LogP contribution in [0, 0.1) is 11.8 Å². The molecule has 0 aliphatic carbocycles. The largest absolute Gasteiger partial charge is 0.323 e. The number of hydrogen-bond donors (Lipinski definition) is 1. The number of rotatable bonds is 6. The fourth-order valence-corrected chi connectivity index (χ4v) is 3.08. The minimum atomic E-state index is 0.351. The molecule has 2 rings (SSSR count). The lowest BCUT2D eigenvalue weighted by Crippen LogP contribution is -3.14. The summed E-state index contributed by atoms with van der Waals surface area (Å²) >= 11 is 0. The molecule has 0 aliphatic rings. The maximum atomic E-state index is 3.47. The highest BCUT2D eigenvalue weighted by Crippen LogP contribution is 2.27. The van der Waals surface area contributed by atoms with Gasteiger partial charge in [0.2, 0.25) is 0 Å². The molecule has 1 heteroatoms. The Morgan fingerprint density at radius 2 is 1.30 bits per heavy atom. The second kappa shape index (κ2) is 9.18.